The van der Waals surface area contributed by atoms with Gasteiger partial charge in [-0.1, -0.05) is 37.3 Å². The molecule has 0 radical (unpaired) electrons. The minimum Gasteiger partial charge on any atom is -0.344 e. The summed E-state index contributed by atoms with van der Waals surface area (Å²) in [6.07, 6.45) is 0. The number of carbonyl (C=O) groups is 2. The molecule has 1 aromatic carbocycles. The first-order valence-electron chi connectivity index (χ1n) is 7.05. The molecule has 0 aliphatic rings. The Morgan fingerprint density at radius 3 is 2.55 bits per heavy atom. The van der Waals surface area contributed by atoms with Crippen LogP contribution < -0.4 is 15.5 Å². The maximum atomic E-state index is 12.2. The summed E-state index contributed by atoms with van der Waals surface area (Å²) in [6.45, 7) is 5.14. The Morgan fingerprint density at radius 2 is 1.95 bits per heavy atom. The molecule has 2 amide bonds. The van der Waals surface area contributed by atoms with E-state index in [9.17, 15) is 9.59 Å². The first kappa shape index (κ1) is 16.2. The van der Waals surface area contributed by atoms with Gasteiger partial charge in [-0.25, -0.2) is 5.43 Å². The highest BCUT2D eigenvalue weighted by Gasteiger charge is 2.22. The molecule has 0 aliphatic heterocycles. The molecule has 0 fully saturated rings. The second kappa shape index (κ2) is 6.74. The molecule has 0 bridgehead atoms. The molecule has 2 N–H and O–H groups in total. The van der Waals surface area contributed by atoms with Crippen molar-refractivity contribution in [3.05, 3.63) is 29.1 Å². The maximum Gasteiger partial charge on any atom is 0.262 e. The van der Waals surface area contributed by atoms with E-state index >= 15 is 0 Å². The molecule has 0 saturated heterocycles. The van der Waals surface area contributed by atoms with Crippen LogP contribution in [0.5, 0.6) is 0 Å². The first-order valence-corrected chi connectivity index (χ1v) is 7.87. The molecule has 0 spiro atoms. The lowest BCUT2D eigenvalue weighted by Crippen LogP contribution is -2.48. The smallest absolute Gasteiger partial charge is 0.262 e. The Bertz CT molecular complexity index is 760. The van der Waals surface area contributed by atoms with Gasteiger partial charge >= 0.3 is 0 Å². The number of benzene rings is 1. The highest BCUT2D eigenvalue weighted by atomic mass is 32.1. The number of aromatic nitrogens is 1. The standard InChI is InChI=1S/C15H20N4O2S/c1-9(2)13(16-10(3)20)14(21)17-18-15-19(4)11-7-5-6-8-12(11)22-15/h5-9,13H,1-4H3,(H,16,20)(H,17,21). The summed E-state index contributed by atoms with van der Waals surface area (Å²) >= 11 is 1.49. The van der Waals surface area contributed by atoms with Crippen molar-refractivity contribution < 1.29 is 9.59 Å². The van der Waals surface area contributed by atoms with Crippen molar-refractivity contribution in [2.24, 2.45) is 18.1 Å². The summed E-state index contributed by atoms with van der Waals surface area (Å²) in [7, 11) is 1.90. The fraction of sp³-hybridized carbons (Fsp3) is 0.400. The molecule has 2 rings (SSSR count). The van der Waals surface area contributed by atoms with Gasteiger partial charge < -0.3 is 9.88 Å². The zero-order valence-corrected chi connectivity index (χ0v) is 13.9. The molecular weight excluding hydrogens is 300 g/mol. The van der Waals surface area contributed by atoms with E-state index in [1.165, 1.54) is 18.3 Å². The summed E-state index contributed by atoms with van der Waals surface area (Å²) in [4.78, 5) is 24.1. The van der Waals surface area contributed by atoms with Gasteiger partial charge in [-0.05, 0) is 18.1 Å². The summed E-state index contributed by atoms with van der Waals surface area (Å²) in [5, 5.41) is 6.83. The van der Waals surface area contributed by atoms with Crippen molar-refractivity contribution in [2.75, 3.05) is 0 Å². The fourth-order valence-corrected chi connectivity index (χ4v) is 3.09. The van der Waals surface area contributed by atoms with Crippen molar-refractivity contribution in [3.63, 3.8) is 0 Å². The second-order valence-corrected chi connectivity index (χ2v) is 6.43. The summed E-state index contributed by atoms with van der Waals surface area (Å²) in [6, 6.07) is 7.34. The van der Waals surface area contributed by atoms with E-state index < -0.39 is 6.04 Å². The van der Waals surface area contributed by atoms with E-state index in [4.69, 9.17) is 0 Å². The van der Waals surface area contributed by atoms with Crippen LogP contribution in [0.15, 0.2) is 29.4 Å². The maximum absolute atomic E-state index is 12.2. The van der Waals surface area contributed by atoms with Crippen molar-refractivity contribution >= 4 is 33.4 Å². The van der Waals surface area contributed by atoms with Gasteiger partial charge in [0.1, 0.15) is 6.04 Å². The lowest BCUT2D eigenvalue weighted by molar-refractivity contribution is -0.129. The van der Waals surface area contributed by atoms with E-state index in [2.05, 4.69) is 15.8 Å². The predicted octanol–water partition coefficient (Wildman–Crippen LogP) is 1.33. The molecule has 2 aromatic rings. The van der Waals surface area contributed by atoms with Crippen molar-refractivity contribution in [1.82, 2.24) is 15.3 Å². The van der Waals surface area contributed by atoms with E-state index in [0.717, 1.165) is 10.2 Å². The first-order chi connectivity index (χ1) is 10.4. The predicted molar refractivity (Wildman–Crippen MR) is 86.9 cm³/mol. The van der Waals surface area contributed by atoms with Crippen LogP contribution in [0.3, 0.4) is 0 Å². The lowest BCUT2D eigenvalue weighted by atomic mass is 10.0. The molecule has 1 aromatic heterocycles. The number of nitrogens with zero attached hydrogens (tertiary/aromatic N) is 2. The third-order valence-corrected chi connectivity index (χ3v) is 4.40. The quantitative estimate of drug-likeness (QED) is 0.834. The summed E-state index contributed by atoms with van der Waals surface area (Å²) in [5.74, 6) is -0.570. The van der Waals surface area contributed by atoms with E-state index in [1.807, 2.05) is 49.7 Å². The molecule has 6 nitrogen and oxygen atoms in total. The molecule has 22 heavy (non-hydrogen) atoms. The van der Waals surface area contributed by atoms with Crippen molar-refractivity contribution in [3.8, 4) is 0 Å². The van der Waals surface area contributed by atoms with Crippen LogP contribution in [0.25, 0.3) is 10.2 Å². The van der Waals surface area contributed by atoms with Crippen LogP contribution >= 0.6 is 11.3 Å². The molecule has 118 valence electrons. The topological polar surface area (TPSA) is 75.5 Å². The average Bonchev–Trinajstić information content (AvgIpc) is 2.79. The molecule has 0 saturated carbocycles. The number of para-hydroxylation sites is 1. The van der Waals surface area contributed by atoms with Crippen LogP contribution in [0.1, 0.15) is 20.8 Å². The molecule has 7 heteroatoms. The SMILES string of the molecule is CC(=O)NC(C(=O)NN=c1sc2ccccc2n1C)C(C)C. The monoisotopic (exact) mass is 320 g/mol. The highest BCUT2D eigenvalue weighted by molar-refractivity contribution is 7.16. The number of fused-ring (bicyclic) bond motifs is 1. The van der Waals surface area contributed by atoms with Gasteiger partial charge in [0, 0.05) is 14.0 Å². The Labute approximate surface area is 132 Å². The number of nitrogens with one attached hydrogen (secondary N) is 2. The van der Waals surface area contributed by atoms with Gasteiger partial charge in [-0.2, -0.15) is 0 Å². The highest BCUT2D eigenvalue weighted by Crippen LogP contribution is 2.14. The van der Waals surface area contributed by atoms with Crippen LogP contribution in [0.4, 0.5) is 0 Å². The van der Waals surface area contributed by atoms with Crippen LogP contribution in [0, 0.1) is 5.92 Å². The summed E-state index contributed by atoms with van der Waals surface area (Å²) < 4.78 is 3.02. The number of thiazole rings is 1. The Hall–Kier alpha value is -2.15. The van der Waals surface area contributed by atoms with Gasteiger partial charge in [-0.15, -0.1) is 5.10 Å². The lowest BCUT2D eigenvalue weighted by Gasteiger charge is -2.19. The van der Waals surface area contributed by atoms with Crippen LogP contribution in [-0.4, -0.2) is 22.4 Å². The Kier molecular flexibility index (Phi) is 4.97. The molecular formula is C15H20N4O2S. The Balaban J connectivity index is 2.23. The number of amides is 2. The van der Waals surface area contributed by atoms with Crippen molar-refractivity contribution in [2.45, 2.75) is 26.8 Å². The third-order valence-electron chi connectivity index (χ3n) is 3.28. The average molecular weight is 320 g/mol. The number of rotatable bonds is 4. The third kappa shape index (κ3) is 3.54. The number of aryl methyl sites for hydroxylation is 1. The van der Waals surface area contributed by atoms with Gasteiger partial charge in [0.15, 0.2) is 0 Å². The molecule has 1 atom stereocenters. The molecule has 0 aliphatic carbocycles. The number of hydrogen-bond donors (Lipinski definition) is 2. The van der Waals surface area contributed by atoms with Gasteiger partial charge in [-0.3, -0.25) is 9.59 Å². The largest absolute Gasteiger partial charge is 0.344 e. The van der Waals surface area contributed by atoms with Gasteiger partial charge in [0.2, 0.25) is 10.7 Å². The van der Waals surface area contributed by atoms with E-state index in [0.29, 0.717) is 4.80 Å². The van der Waals surface area contributed by atoms with Gasteiger partial charge in [0.25, 0.3) is 5.91 Å². The molecule has 1 unspecified atom stereocenters. The molecule has 1 heterocycles. The minimum atomic E-state index is -0.596. The van der Waals surface area contributed by atoms with Gasteiger partial charge in [0.05, 0.1) is 10.2 Å². The van der Waals surface area contributed by atoms with Crippen LogP contribution in [-0.2, 0) is 16.6 Å². The van der Waals surface area contributed by atoms with E-state index in [-0.39, 0.29) is 17.7 Å². The minimum absolute atomic E-state index is 0.0183. The fourth-order valence-electron chi connectivity index (χ4n) is 2.11. The Morgan fingerprint density at radius 1 is 1.27 bits per heavy atom. The zero-order chi connectivity index (χ0) is 16.3. The number of carbonyl (C=O) groups excluding carboxylic acids is 2. The zero-order valence-electron chi connectivity index (χ0n) is 13.1. The van der Waals surface area contributed by atoms with Crippen LogP contribution in [0.2, 0.25) is 0 Å². The number of hydrogen-bond acceptors (Lipinski definition) is 4. The second-order valence-electron chi connectivity index (χ2n) is 5.42. The van der Waals surface area contributed by atoms with E-state index in [1.54, 1.807) is 0 Å². The normalized spacial score (nSPS) is 13.4. The summed E-state index contributed by atoms with van der Waals surface area (Å²) in [5.41, 5.74) is 3.61. The van der Waals surface area contributed by atoms with Crippen molar-refractivity contribution in [1.29, 1.82) is 0 Å².